The number of carbonyl (C=O) groups is 1. The van der Waals surface area contributed by atoms with Crippen molar-refractivity contribution in [1.82, 2.24) is 9.62 Å². The van der Waals surface area contributed by atoms with Gasteiger partial charge in [-0.15, -0.1) is 0 Å². The van der Waals surface area contributed by atoms with Gasteiger partial charge in [-0.1, -0.05) is 0 Å². The number of anilines is 1. The zero-order chi connectivity index (χ0) is 20.7. The summed E-state index contributed by atoms with van der Waals surface area (Å²) in [6.45, 7) is 2.79. The van der Waals surface area contributed by atoms with Crippen LogP contribution in [0.2, 0.25) is 0 Å². The number of benzene rings is 1. The molecule has 0 radical (unpaired) electrons. The molecule has 160 valence electrons. The Morgan fingerprint density at radius 3 is 2.60 bits per heavy atom. The Morgan fingerprint density at radius 2 is 1.87 bits per heavy atom. The van der Waals surface area contributed by atoms with Gasteiger partial charge < -0.3 is 9.32 Å². The number of furan rings is 1. The minimum atomic E-state index is -3.66. The van der Waals surface area contributed by atoms with Crippen LogP contribution in [0, 0.1) is 0 Å². The Labute approximate surface area is 180 Å². The first-order chi connectivity index (χ1) is 14.5. The molecule has 1 saturated heterocycles. The summed E-state index contributed by atoms with van der Waals surface area (Å²) in [7, 11) is -3.66. The van der Waals surface area contributed by atoms with Gasteiger partial charge in [0.1, 0.15) is 0 Å². The second-order valence-corrected chi connectivity index (χ2v) is 10.9. The van der Waals surface area contributed by atoms with Gasteiger partial charge in [0.2, 0.25) is 15.9 Å². The molecule has 0 saturated carbocycles. The van der Waals surface area contributed by atoms with Crippen LogP contribution in [0.5, 0.6) is 0 Å². The highest BCUT2D eigenvalue weighted by atomic mass is 32.2. The number of sulfonamides is 1. The van der Waals surface area contributed by atoms with E-state index in [0.717, 1.165) is 47.0 Å². The first-order valence-corrected chi connectivity index (χ1v) is 13.0. The largest absolute Gasteiger partial charge is 0.472 e. The fraction of sp³-hybridized carbons (Fsp3) is 0.476. The van der Waals surface area contributed by atoms with E-state index in [1.165, 1.54) is 0 Å². The molecule has 30 heavy (non-hydrogen) atoms. The van der Waals surface area contributed by atoms with E-state index in [9.17, 15) is 13.2 Å². The molecule has 1 fully saturated rings. The average Bonchev–Trinajstić information content (AvgIpc) is 3.43. The monoisotopic (exact) mass is 447 g/mol. The van der Waals surface area contributed by atoms with Crippen LogP contribution >= 0.6 is 11.8 Å². The maximum Gasteiger partial charge on any atom is 0.240 e. The highest BCUT2D eigenvalue weighted by molar-refractivity contribution is 7.99. The first kappa shape index (κ1) is 20.1. The summed E-state index contributed by atoms with van der Waals surface area (Å²) < 4.78 is 34.5. The number of aryl methyl sites for hydroxylation is 1. The molecule has 1 N–H and O–H groups in total. The number of thioether (sulfide) groups is 1. The molecule has 0 spiro atoms. The topological polar surface area (TPSA) is 82.9 Å². The van der Waals surface area contributed by atoms with E-state index in [4.69, 9.17) is 4.42 Å². The van der Waals surface area contributed by atoms with Gasteiger partial charge in [0.15, 0.2) is 0 Å². The fourth-order valence-electron chi connectivity index (χ4n) is 4.66. The van der Waals surface area contributed by atoms with E-state index < -0.39 is 10.0 Å². The zero-order valence-corrected chi connectivity index (χ0v) is 18.3. The second-order valence-electron chi connectivity index (χ2n) is 7.96. The zero-order valence-electron chi connectivity index (χ0n) is 16.7. The molecule has 1 aromatic heterocycles. The predicted molar refractivity (Wildman–Crippen MR) is 116 cm³/mol. The lowest BCUT2D eigenvalue weighted by Gasteiger charge is -2.34. The molecule has 3 aliphatic rings. The molecule has 4 heterocycles. The minimum absolute atomic E-state index is 0.0553. The van der Waals surface area contributed by atoms with Crippen molar-refractivity contribution in [3.05, 3.63) is 47.4 Å². The number of rotatable bonds is 6. The molecule has 0 bridgehead atoms. The van der Waals surface area contributed by atoms with Crippen molar-refractivity contribution in [2.45, 2.75) is 30.2 Å². The standard InChI is InChI=1S/C21H25N3O4S2/c25-20-2-1-15-11-18(12-16-3-5-24(20)21(15)16)30(26,27)22-13-19(17-4-8-28-14-17)23-6-9-29-10-7-23/h4,8,11-12,14,19,22H,1-3,5-7,9-10,13H2/t19-/m1/s1. The Bertz CT molecular complexity index is 1050. The number of amides is 1. The highest BCUT2D eigenvalue weighted by Gasteiger charge is 2.33. The van der Waals surface area contributed by atoms with Crippen molar-refractivity contribution in [2.24, 2.45) is 0 Å². The summed E-state index contributed by atoms with van der Waals surface area (Å²) in [6, 6.07) is 5.34. The Balaban J connectivity index is 1.38. The van der Waals surface area contributed by atoms with Crippen LogP contribution in [0.25, 0.3) is 0 Å². The maximum absolute atomic E-state index is 13.2. The summed E-state index contributed by atoms with van der Waals surface area (Å²) in [4.78, 5) is 16.5. The lowest BCUT2D eigenvalue weighted by molar-refractivity contribution is -0.118. The van der Waals surface area contributed by atoms with Gasteiger partial charge in [0.25, 0.3) is 0 Å². The predicted octanol–water partition coefficient (Wildman–Crippen LogP) is 2.18. The Kier molecular flexibility index (Phi) is 5.38. The van der Waals surface area contributed by atoms with Crippen molar-refractivity contribution in [3.8, 4) is 0 Å². The summed E-state index contributed by atoms with van der Waals surface area (Å²) >= 11 is 1.92. The lowest BCUT2D eigenvalue weighted by atomic mass is 10.00. The molecule has 3 aliphatic heterocycles. The van der Waals surface area contributed by atoms with E-state index in [0.29, 0.717) is 37.2 Å². The normalized spacial score (nSPS) is 20.4. The quantitative estimate of drug-likeness (QED) is 0.731. The van der Waals surface area contributed by atoms with Crippen LogP contribution in [0.3, 0.4) is 0 Å². The van der Waals surface area contributed by atoms with E-state index in [1.807, 2.05) is 17.8 Å². The van der Waals surface area contributed by atoms with Crippen molar-refractivity contribution >= 4 is 33.4 Å². The van der Waals surface area contributed by atoms with E-state index >= 15 is 0 Å². The van der Waals surface area contributed by atoms with Gasteiger partial charge in [-0.2, -0.15) is 11.8 Å². The smallest absolute Gasteiger partial charge is 0.240 e. The minimum Gasteiger partial charge on any atom is -0.472 e. The van der Waals surface area contributed by atoms with Crippen LogP contribution in [0.15, 0.2) is 40.0 Å². The van der Waals surface area contributed by atoms with Crippen LogP contribution in [-0.4, -0.2) is 56.9 Å². The molecular weight excluding hydrogens is 422 g/mol. The second kappa shape index (κ2) is 8.03. The summed E-state index contributed by atoms with van der Waals surface area (Å²) in [5, 5.41) is 0. The van der Waals surface area contributed by atoms with Crippen LogP contribution in [0.1, 0.15) is 29.2 Å². The molecule has 0 aliphatic carbocycles. The SMILES string of the molecule is O=C1CCc2cc(S(=O)(=O)NC[C@H](c3ccoc3)N3CCSCC3)cc3c2N1CC3. The summed E-state index contributed by atoms with van der Waals surface area (Å²) in [6.07, 6.45) is 5.09. The van der Waals surface area contributed by atoms with Crippen LogP contribution in [0.4, 0.5) is 5.69 Å². The number of nitrogens with one attached hydrogen (secondary N) is 1. The first-order valence-electron chi connectivity index (χ1n) is 10.3. The third kappa shape index (κ3) is 3.68. The lowest BCUT2D eigenvalue weighted by Crippen LogP contribution is -2.42. The van der Waals surface area contributed by atoms with Crippen molar-refractivity contribution < 1.29 is 17.6 Å². The number of nitrogens with zero attached hydrogens (tertiary/aromatic N) is 2. The molecular formula is C21H25N3O4S2. The van der Waals surface area contributed by atoms with Crippen LogP contribution < -0.4 is 9.62 Å². The third-order valence-electron chi connectivity index (χ3n) is 6.22. The van der Waals surface area contributed by atoms with Crippen molar-refractivity contribution in [2.75, 3.05) is 42.6 Å². The number of carbonyl (C=O) groups excluding carboxylic acids is 1. The van der Waals surface area contributed by atoms with Crippen molar-refractivity contribution in [3.63, 3.8) is 0 Å². The summed E-state index contributed by atoms with van der Waals surface area (Å²) in [5.74, 6) is 2.23. The van der Waals surface area contributed by atoms with Gasteiger partial charge in [-0.25, -0.2) is 13.1 Å². The molecule has 1 atom stereocenters. The van der Waals surface area contributed by atoms with Gasteiger partial charge in [-0.3, -0.25) is 9.69 Å². The molecule has 1 amide bonds. The molecule has 7 nitrogen and oxygen atoms in total. The number of hydrogen-bond acceptors (Lipinski definition) is 6. The van der Waals surface area contributed by atoms with Gasteiger partial charge >= 0.3 is 0 Å². The van der Waals surface area contributed by atoms with E-state index in [-0.39, 0.29) is 11.9 Å². The average molecular weight is 448 g/mol. The molecule has 1 aromatic carbocycles. The number of hydrogen-bond donors (Lipinski definition) is 1. The van der Waals surface area contributed by atoms with Gasteiger partial charge in [0.05, 0.1) is 29.2 Å². The van der Waals surface area contributed by atoms with Crippen molar-refractivity contribution in [1.29, 1.82) is 0 Å². The maximum atomic E-state index is 13.2. The van der Waals surface area contributed by atoms with E-state index in [1.54, 1.807) is 29.6 Å². The van der Waals surface area contributed by atoms with Gasteiger partial charge in [-0.05, 0) is 42.2 Å². The third-order valence-corrected chi connectivity index (χ3v) is 8.56. The Morgan fingerprint density at radius 1 is 1.10 bits per heavy atom. The van der Waals surface area contributed by atoms with Crippen LogP contribution in [-0.2, 0) is 27.7 Å². The molecule has 9 heteroatoms. The van der Waals surface area contributed by atoms with E-state index in [2.05, 4.69) is 9.62 Å². The summed E-state index contributed by atoms with van der Waals surface area (Å²) in [5.41, 5.74) is 3.85. The molecule has 2 aromatic rings. The molecule has 5 rings (SSSR count). The molecule has 0 unspecified atom stereocenters. The van der Waals surface area contributed by atoms with Gasteiger partial charge in [0, 0.05) is 49.7 Å². The Hall–Kier alpha value is -1.81. The highest BCUT2D eigenvalue weighted by Crippen LogP contribution is 2.38. The fourth-order valence-corrected chi connectivity index (χ4v) is 6.73.